The van der Waals surface area contributed by atoms with Gasteiger partial charge in [-0.2, -0.15) is 4.98 Å². The highest BCUT2D eigenvalue weighted by molar-refractivity contribution is 9.10. The predicted octanol–water partition coefficient (Wildman–Crippen LogP) is 3.08. The molecule has 1 N–H and O–H groups in total. The van der Waals surface area contributed by atoms with Crippen LogP contribution in [0.5, 0.6) is 0 Å². The maximum atomic E-state index is 6.09. The first-order valence-corrected chi connectivity index (χ1v) is 6.26. The maximum absolute atomic E-state index is 6.09. The van der Waals surface area contributed by atoms with Gasteiger partial charge in [0.15, 0.2) is 5.82 Å². The molecule has 0 bridgehead atoms. The Kier molecular flexibility index (Phi) is 4.15. The van der Waals surface area contributed by atoms with E-state index in [0.717, 1.165) is 15.1 Å². The molecule has 0 aliphatic carbocycles. The first-order valence-electron chi connectivity index (χ1n) is 5.09. The summed E-state index contributed by atoms with van der Waals surface area (Å²) in [6.45, 7) is 2.99. The van der Waals surface area contributed by atoms with Crippen LogP contribution in [0.15, 0.2) is 27.2 Å². The quantitative estimate of drug-likeness (QED) is 0.942. The van der Waals surface area contributed by atoms with Crippen molar-refractivity contribution in [2.45, 2.75) is 20.0 Å². The Balaban J connectivity index is 1.90. The van der Waals surface area contributed by atoms with Crippen LogP contribution in [0.1, 0.15) is 17.3 Å². The maximum Gasteiger partial charge on any atom is 0.240 e. The van der Waals surface area contributed by atoms with Crippen molar-refractivity contribution < 1.29 is 4.52 Å². The fraction of sp³-hybridized carbons (Fsp3) is 0.273. The van der Waals surface area contributed by atoms with Crippen molar-refractivity contribution in [2.24, 2.45) is 0 Å². The van der Waals surface area contributed by atoms with E-state index in [-0.39, 0.29) is 0 Å². The minimum atomic E-state index is 0.535. The van der Waals surface area contributed by atoms with Gasteiger partial charge in [0.25, 0.3) is 0 Å². The van der Waals surface area contributed by atoms with E-state index in [9.17, 15) is 0 Å². The second-order valence-electron chi connectivity index (χ2n) is 3.57. The van der Waals surface area contributed by atoms with Crippen molar-refractivity contribution in [2.75, 3.05) is 0 Å². The third-order valence-electron chi connectivity index (χ3n) is 2.18. The Morgan fingerprint density at radius 1 is 1.41 bits per heavy atom. The molecule has 0 aliphatic heterocycles. The Labute approximate surface area is 112 Å². The Bertz CT molecular complexity index is 515. The average Bonchev–Trinajstić information content (AvgIpc) is 2.68. The van der Waals surface area contributed by atoms with Gasteiger partial charge in [-0.1, -0.05) is 38.8 Å². The van der Waals surface area contributed by atoms with E-state index < -0.39 is 0 Å². The van der Waals surface area contributed by atoms with E-state index in [4.69, 9.17) is 16.1 Å². The zero-order valence-corrected chi connectivity index (χ0v) is 11.5. The van der Waals surface area contributed by atoms with E-state index >= 15 is 0 Å². The molecule has 0 fully saturated rings. The molecule has 1 aromatic heterocycles. The normalized spacial score (nSPS) is 10.8. The van der Waals surface area contributed by atoms with Crippen LogP contribution in [0, 0.1) is 6.92 Å². The van der Waals surface area contributed by atoms with Crippen molar-refractivity contribution >= 4 is 27.5 Å². The molecule has 0 atom stereocenters. The number of hydrogen-bond acceptors (Lipinski definition) is 4. The summed E-state index contributed by atoms with van der Waals surface area (Å²) in [5.74, 6) is 1.22. The van der Waals surface area contributed by atoms with Crippen LogP contribution in [-0.2, 0) is 13.1 Å². The number of aryl methyl sites for hydroxylation is 1. The lowest BCUT2D eigenvalue weighted by molar-refractivity contribution is 0.364. The first kappa shape index (κ1) is 12.5. The highest BCUT2D eigenvalue weighted by atomic mass is 79.9. The van der Waals surface area contributed by atoms with Crippen molar-refractivity contribution in [3.8, 4) is 0 Å². The number of halogens is 2. The van der Waals surface area contributed by atoms with Gasteiger partial charge in [0, 0.05) is 16.0 Å². The largest absolute Gasteiger partial charge is 0.338 e. The minimum Gasteiger partial charge on any atom is -0.338 e. The topological polar surface area (TPSA) is 51.0 Å². The first-order chi connectivity index (χ1) is 8.15. The highest BCUT2D eigenvalue weighted by Crippen LogP contribution is 2.21. The minimum absolute atomic E-state index is 0.535. The van der Waals surface area contributed by atoms with Crippen LogP contribution in [-0.4, -0.2) is 10.1 Å². The summed E-state index contributed by atoms with van der Waals surface area (Å²) in [5, 5.41) is 7.64. The van der Waals surface area contributed by atoms with Crippen LogP contribution >= 0.6 is 27.5 Å². The van der Waals surface area contributed by atoms with Crippen LogP contribution < -0.4 is 5.32 Å². The number of benzene rings is 1. The highest BCUT2D eigenvalue weighted by Gasteiger charge is 2.04. The van der Waals surface area contributed by atoms with E-state index in [1.165, 1.54) is 0 Å². The molecule has 90 valence electrons. The van der Waals surface area contributed by atoms with Crippen molar-refractivity contribution in [3.05, 3.63) is 45.0 Å². The molecule has 4 nitrogen and oxygen atoms in total. The van der Waals surface area contributed by atoms with Gasteiger partial charge in [-0.25, -0.2) is 0 Å². The second kappa shape index (κ2) is 5.62. The summed E-state index contributed by atoms with van der Waals surface area (Å²) < 4.78 is 5.96. The summed E-state index contributed by atoms with van der Waals surface area (Å²) in [6.07, 6.45) is 0. The summed E-state index contributed by atoms with van der Waals surface area (Å²) in [4.78, 5) is 4.10. The van der Waals surface area contributed by atoms with Gasteiger partial charge in [0.05, 0.1) is 6.54 Å². The molecular formula is C11H11BrClN3O. The molecule has 1 aromatic carbocycles. The fourth-order valence-corrected chi connectivity index (χ4v) is 2.12. The zero-order chi connectivity index (χ0) is 12.3. The second-order valence-corrected chi connectivity index (χ2v) is 4.90. The fourth-order valence-electron chi connectivity index (χ4n) is 1.38. The van der Waals surface area contributed by atoms with Gasteiger partial charge in [-0.3, -0.25) is 0 Å². The number of nitrogens with one attached hydrogen (secondary N) is 1. The molecule has 0 amide bonds. The molecule has 0 saturated carbocycles. The number of hydrogen-bond donors (Lipinski definition) is 1. The molecule has 0 aliphatic rings. The summed E-state index contributed by atoms with van der Waals surface area (Å²) in [6, 6.07) is 5.80. The molecule has 17 heavy (non-hydrogen) atoms. The molecule has 0 spiro atoms. The lowest BCUT2D eigenvalue weighted by atomic mass is 10.2. The molecule has 2 aromatic rings. The van der Waals surface area contributed by atoms with Gasteiger partial charge in [-0.05, 0) is 24.6 Å². The lowest BCUT2D eigenvalue weighted by Gasteiger charge is -2.05. The smallest absolute Gasteiger partial charge is 0.240 e. The third-order valence-corrected chi connectivity index (χ3v) is 3.02. The van der Waals surface area contributed by atoms with Crippen LogP contribution in [0.2, 0.25) is 5.02 Å². The van der Waals surface area contributed by atoms with Crippen LogP contribution in [0.25, 0.3) is 0 Å². The van der Waals surface area contributed by atoms with Crippen molar-refractivity contribution in [3.63, 3.8) is 0 Å². The summed E-state index contributed by atoms with van der Waals surface area (Å²) in [5.41, 5.74) is 1.03. The Morgan fingerprint density at radius 2 is 2.24 bits per heavy atom. The van der Waals surface area contributed by atoms with Gasteiger partial charge >= 0.3 is 0 Å². The van der Waals surface area contributed by atoms with E-state index in [1.807, 2.05) is 18.2 Å². The molecule has 0 radical (unpaired) electrons. The number of aromatic nitrogens is 2. The number of nitrogens with zero attached hydrogens (tertiary/aromatic N) is 2. The number of rotatable bonds is 4. The average molecular weight is 317 g/mol. The lowest BCUT2D eigenvalue weighted by Crippen LogP contribution is -2.13. The van der Waals surface area contributed by atoms with Crippen molar-refractivity contribution in [1.82, 2.24) is 15.5 Å². The third kappa shape index (κ3) is 3.52. The molecule has 0 unspecified atom stereocenters. The summed E-state index contributed by atoms with van der Waals surface area (Å²) >= 11 is 9.46. The molecule has 0 saturated heterocycles. The summed E-state index contributed by atoms with van der Waals surface area (Å²) in [7, 11) is 0. The molecule has 6 heteroatoms. The monoisotopic (exact) mass is 315 g/mol. The Hall–Kier alpha value is -0.910. The zero-order valence-electron chi connectivity index (χ0n) is 9.20. The van der Waals surface area contributed by atoms with Gasteiger partial charge in [0.1, 0.15) is 0 Å². The van der Waals surface area contributed by atoms with Gasteiger partial charge in [-0.15, -0.1) is 0 Å². The van der Waals surface area contributed by atoms with Crippen molar-refractivity contribution in [1.29, 1.82) is 0 Å². The molecular weight excluding hydrogens is 305 g/mol. The van der Waals surface area contributed by atoms with Crippen LogP contribution in [0.4, 0.5) is 0 Å². The molecule has 2 rings (SSSR count). The van der Waals surface area contributed by atoms with E-state index in [1.54, 1.807) is 6.92 Å². The predicted molar refractivity (Wildman–Crippen MR) is 68.7 cm³/mol. The van der Waals surface area contributed by atoms with Crippen LogP contribution in [0.3, 0.4) is 0 Å². The van der Waals surface area contributed by atoms with E-state index in [0.29, 0.717) is 24.8 Å². The SMILES string of the molecule is Cc1noc(CNCc2ccc(Br)cc2Cl)n1. The molecule has 1 heterocycles. The Morgan fingerprint density at radius 3 is 2.88 bits per heavy atom. The standard InChI is InChI=1S/C11H11BrClN3O/c1-7-15-11(17-16-7)6-14-5-8-2-3-9(12)4-10(8)13/h2-4,14H,5-6H2,1H3. The van der Waals surface area contributed by atoms with Gasteiger partial charge < -0.3 is 9.84 Å². The van der Waals surface area contributed by atoms with E-state index in [2.05, 4.69) is 31.4 Å². The van der Waals surface area contributed by atoms with Gasteiger partial charge in [0.2, 0.25) is 5.89 Å².